The van der Waals surface area contributed by atoms with Crippen molar-refractivity contribution in [1.82, 2.24) is 9.91 Å². The second-order valence-electron chi connectivity index (χ2n) is 7.36. The SMILES string of the molecule is O=C(C1=NN([C@H]2CCS(=O)(=O)C2)C(=O)CC1)N1CCO[C@@H](c2ccccc2)C1. The molecule has 1 aromatic carbocycles. The average molecular weight is 405 g/mol. The van der Waals surface area contributed by atoms with Crippen molar-refractivity contribution in [3.8, 4) is 0 Å². The Labute approximate surface area is 164 Å². The Morgan fingerprint density at radius 2 is 1.96 bits per heavy atom. The average Bonchev–Trinajstić information content (AvgIpc) is 3.08. The maximum atomic E-state index is 13.0. The van der Waals surface area contributed by atoms with Crippen LogP contribution in [0.25, 0.3) is 0 Å². The van der Waals surface area contributed by atoms with Gasteiger partial charge >= 0.3 is 0 Å². The van der Waals surface area contributed by atoms with Crippen LogP contribution < -0.4 is 0 Å². The minimum Gasteiger partial charge on any atom is -0.370 e. The second-order valence-corrected chi connectivity index (χ2v) is 9.59. The molecule has 28 heavy (non-hydrogen) atoms. The molecular weight excluding hydrogens is 382 g/mol. The summed E-state index contributed by atoms with van der Waals surface area (Å²) in [6.07, 6.45) is 0.627. The predicted octanol–water partition coefficient (Wildman–Crippen LogP) is 0.752. The highest BCUT2D eigenvalue weighted by Gasteiger charge is 2.38. The number of ether oxygens (including phenoxy) is 1. The van der Waals surface area contributed by atoms with Crippen molar-refractivity contribution in [2.24, 2.45) is 5.10 Å². The smallest absolute Gasteiger partial charge is 0.270 e. The van der Waals surface area contributed by atoms with Gasteiger partial charge in [0, 0.05) is 19.4 Å². The summed E-state index contributed by atoms with van der Waals surface area (Å²) in [5, 5.41) is 5.52. The minimum absolute atomic E-state index is 0.0580. The van der Waals surface area contributed by atoms with Crippen LogP contribution in [0.1, 0.15) is 30.9 Å². The molecule has 3 aliphatic heterocycles. The van der Waals surface area contributed by atoms with Crippen molar-refractivity contribution in [1.29, 1.82) is 0 Å². The van der Waals surface area contributed by atoms with E-state index in [1.165, 1.54) is 5.01 Å². The molecule has 2 saturated heterocycles. The maximum absolute atomic E-state index is 13.0. The summed E-state index contributed by atoms with van der Waals surface area (Å²) in [4.78, 5) is 27.0. The summed E-state index contributed by atoms with van der Waals surface area (Å²) in [6, 6.07) is 9.27. The zero-order chi connectivity index (χ0) is 19.7. The van der Waals surface area contributed by atoms with Crippen molar-refractivity contribution in [2.75, 3.05) is 31.2 Å². The molecule has 4 rings (SSSR count). The largest absolute Gasteiger partial charge is 0.370 e. The standard InChI is InChI=1S/C19H23N3O5S/c23-18-7-6-16(20-22(18)15-8-11-28(25,26)13-15)19(24)21-9-10-27-17(12-21)14-4-2-1-3-5-14/h1-5,15,17H,6-13H2/t15-,17+/m0/s1. The number of rotatable bonds is 3. The van der Waals surface area contributed by atoms with E-state index in [1.807, 2.05) is 30.3 Å². The number of sulfone groups is 1. The van der Waals surface area contributed by atoms with E-state index >= 15 is 0 Å². The Bertz CT molecular complexity index is 899. The Morgan fingerprint density at radius 3 is 2.68 bits per heavy atom. The molecule has 3 heterocycles. The third-order valence-electron chi connectivity index (χ3n) is 5.39. The number of morpholine rings is 1. The first-order valence-corrected chi connectivity index (χ1v) is 11.3. The van der Waals surface area contributed by atoms with Gasteiger partial charge in [0.05, 0.1) is 30.7 Å². The van der Waals surface area contributed by atoms with E-state index in [0.717, 1.165) is 5.56 Å². The number of hydrogen-bond acceptors (Lipinski definition) is 6. The molecule has 8 nitrogen and oxygen atoms in total. The number of amides is 2. The van der Waals surface area contributed by atoms with Gasteiger partial charge in [-0.3, -0.25) is 9.59 Å². The van der Waals surface area contributed by atoms with Gasteiger partial charge in [0.2, 0.25) is 5.91 Å². The molecule has 0 unspecified atom stereocenters. The van der Waals surface area contributed by atoms with E-state index in [-0.39, 0.29) is 42.3 Å². The van der Waals surface area contributed by atoms with E-state index in [1.54, 1.807) is 4.90 Å². The molecule has 0 aliphatic carbocycles. The first-order chi connectivity index (χ1) is 13.4. The summed E-state index contributed by atoms with van der Waals surface area (Å²) in [6.45, 7) is 1.32. The first kappa shape index (κ1) is 19.1. The number of hydrazone groups is 1. The lowest BCUT2D eigenvalue weighted by molar-refractivity contribution is -0.135. The van der Waals surface area contributed by atoms with Gasteiger partial charge in [0.1, 0.15) is 11.8 Å². The van der Waals surface area contributed by atoms with E-state index in [2.05, 4.69) is 5.10 Å². The quantitative estimate of drug-likeness (QED) is 0.739. The van der Waals surface area contributed by atoms with Gasteiger partial charge in [0.25, 0.3) is 5.91 Å². The van der Waals surface area contributed by atoms with E-state index in [4.69, 9.17) is 4.74 Å². The van der Waals surface area contributed by atoms with Gasteiger partial charge < -0.3 is 9.64 Å². The molecule has 150 valence electrons. The fraction of sp³-hybridized carbons (Fsp3) is 0.526. The summed E-state index contributed by atoms with van der Waals surface area (Å²) in [7, 11) is -3.14. The highest BCUT2D eigenvalue weighted by Crippen LogP contribution is 2.25. The topological polar surface area (TPSA) is 96.3 Å². The van der Waals surface area contributed by atoms with Gasteiger partial charge in [-0.15, -0.1) is 0 Å². The van der Waals surface area contributed by atoms with Crippen molar-refractivity contribution in [3.63, 3.8) is 0 Å². The summed E-state index contributed by atoms with van der Waals surface area (Å²) in [5.41, 5.74) is 1.33. The number of nitrogens with zero attached hydrogens (tertiary/aromatic N) is 3. The number of benzene rings is 1. The number of carbonyl (C=O) groups is 2. The normalized spacial score (nSPS) is 27.6. The van der Waals surface area contributed by atoms with Crippen LogP contribution in [0.2, 0.25) is 0 Å². The molecule has 0 aromatic heterocycles. The molecule has 0 spiro atoms. The third kappa shape index (κ3) is 3.95. The van der Waals surface area contributed by atoms with Gasteiger partial charge in [-0.2, -0.15) is 5.10 Å². The van der Waals surface area contributed by atoms with Crippen molar-refractivity contribution in [3.05, 3.63) is 35.9 Å². The van der Waals surface area contributed by atoms with Gasteiger partial charge in [0.15, 0.2) is 9.84 Å². The van der Waals surface area contributed by atoms with Crippen LogP contribution in [-0.2, 0) is 24.2 Å². The monoisotopic (exact) mass is 405 g/mol. The first-order valence-electron chi connectivity index (χ1n) is 9.49. The summed E-state index contributed by atoms with van der Waals surface area (Å²) < 4.78 is 29.3. The molecule has 0 saturated carbocycles. The second kappa shape index (κ2) is 7.63. The van der Waals surface area contributed by atoms with Crippen LogP contribution >= 0.6 is 0 Å². The molecule has 9 heteroatoms. The molecule has 0 bridgehead atoms. The lowest BCUT2D eigenvalue weighted by Gasteiger charge is -2.35. The van der Waals surface area contributed by atoms with Crippen molar-refractivity contribution in [2.45, 2.75) is 31.4 Å². The summed E-state index contributed by atoms with van der Waals surface area (Å²) in [5.74, 6) is -0.454. The Hall–Kier alpha value is -2.26. The highest BCUT2D eigenvalue weighted by molar-refractivity contribution is 7.91. The molecule has 2 amide bonds. The molecule has 0 radical (unpaired) electrons. The van der Waals surface area contributed by atoms with Crippen LogP contribution in [0.4, 0.5) is 0 Å². The maximum Gasteiger partial charge on any atom is 0.270 e. The lowest BCUT2D eigenvalue weighted by Crippen LogP contribution is -2.48. The molecular formula is C19H23N3O5S. The van der Waals surface area contributed by atoms with Gasteiger partial charge in [-0.25, -0.2) is 13.4 Å². The third-order valence-corrected chi connectivity index (χ3v) is 7.14. The Kier molecular flexibility index (Phi) is 5.20. The van der Waals surface area contributed by atoms with Crippen LogP contribution in [0.3, 0.4) is 0 Å². The van der Waals surface area contributed by atoms with E-state index in [0.29, 0.717) is 31.8 Å². The van der Waals surface area contributed by atoms with E-state index in [9.17, 15) is 18.0 Å². The van der Waals surface area contributed by atoms with Gasteiger partial charge in [-0.05, 0) is 12.0 Å². The Balaban J connectivity index is 1.49. The fourth-order valence-electron chi connectivity index (χ4n) is 3.86. The van der Waals surface area contributed by atoms with Crippen LogP contribution in [0, 0.1) is 0 Å². The Morgan fingerprint density at radius 1 is 1.18 bits per heavy atom. The predicted molar refractivity (Wildman–Crippen MR) is 102 cm³/mol. The zero-order valence-electron chi connectivity index (χ0n) is 15.5. The van der Waals surface area contributed by atoms with E-state index < -0.39 is 15.9 Å². The summed E-state index contributed by atoms with van der Waals surface area (Å²) >= 11 is 0. The molecule has 3 aliphatic rings. The number of carbonyl (C=O) groups excluding carboxylic acids is 2. The van der Waals surface area contributed by atoms with Crippen LogP contribution in [0.15, 0.2) is 35.4 Å². The number of hydrogen-bond donors (Lipinski definition) is 0. The molecule has 2 fully saturated rings. The van der Waals surface area contributed by atoms with Crippen LogP contribution in [0.5, 0.6) is 0 Å². The molecule has 0 N–H and O–H groups in total. The zero-order valence-corrected chi connectivity index (χ0v) is 16.3. The molecule has 2 atom stereocenters. The van der Waals surface area contributed by atoms with Crippen molar-refractivity contribution >= 4 is 27.4 Å². The minimum atomic E-state index is -3.14. The lowest BCUT2D eigenvalue weighted by atomic mass is 10.1. The highest BCUT2D eigenvalue weighted by atomic mass is 32.2. The van der Waals surface area contributed by atoms with Gasteiger partial charge in [-0.1, -0.05) is 30.3 Å². The fourth-order valence-corrected chi connectivity index (χ4v) is 5.56. The molecule has 1 aromatic rings. The van der Waals surface area contributed by atoms with Crippen LogP contribution in [-0.4, -0.2) is 73.1 Å². The van der Waals surface area contributed by atoms with Crippen molar-refractivity contribution < 1.29 is 22.7 Å².